The van der Waals surface area contributed by atoms with Gasteiger partial charge >= 0.3 is 6.03 Å². The van der Waals surface area contributed by atoms with Crippen LogP contribution in [0.5, 0.6) is 0 Å². The third-order valence-corrected chi connectivity index (χ3v) is 4.48. The summed E-state index contributed by atoms with van der Waals surface area (Å²) in [6.45, 7) is 6.84. The van der Waals surface area contributed by atoms with Gasteiger partial charge in [-0.05, 0) is 57.4 Å². The minimum atomic E-state index is -0.0814. The predicted octanol–water partition coefficient (Wildman–Crippen LogP) is 2.74. The first kappa shape index (κ1) is 15.5. The van der Waals surface area contributed by atoms with Crippen molar-refractivity contribution in [2.24, 2.45) is 0 Å². The fraction of sp³-hybridized carbons (Fsp3) is 0.471. The normalized spacial score (nSPS) is 19.8. The van der Waals surface area contributed by atoms with E-state index in [1.54, 1.807) is 17.1 Å². The van der Waals surface area contributed by atoms with Gasteiger partial charge in [-0.3, -0.25) is 0 Å². The van der Waals surface area contributed by atoms with Crippen molar-refractivity contribution in [1.82, 2.24) is 25.0 Å². The van der Waals surface area contributed by atoms with Crippen molar-refractivity contribution in [2.45, 2.75) is 51.7 Å². The zero-order chi connectivity index (χ0) is 16.4. The van der Waals surface area contributed by atoms with E-state index in [9.17, 15) is 4.79 Å². The van der Waals surface area contributed by atoms with Gasteiger partial charge < -0.3 is 10.2 Å². The van der Waals surface area contributed by atoms with E-state index in [4.69, 9.17) is 0 Å². The summed E-state index contributed by atoms with van der Waals surface area (Å²) < 4.78 is 1.71. The smallest absolute Gasteiger partial charge is 0.318 e. The van der Waals surface area contributed by atoms with E-state index in [-0.39, 0.29) is 17.6 Å². The van der Waals surface area contributed by atoms with Crippen LogP contribution in [0, 0.1) is 0 Å². The molecular formula is C17H23N5O. The van der Waals surface area contributed by atoms with E-state index in [0.29, 0.717) is 6.54 Å². The molecule has 1 unspecified atom stereocenters. The average Bonchev–Trinajstić information content (AvgIpc) is 3.14. The van der Waals surface area contributed by atoms with Crippen LogP contribution in [0.4, 0.5) is 4.79 Å². The lowest BCUT2D eigenvalue weighted by Gasteiger charge is -2.34. The van der Waals surface area contributed by atoms with Crippen LogP contribution in [0.25, 0.3) is 5.82 Å². The molecule has 23 heavy (non-hydrogen) atoms. The monoisotopic (exact) mass is 313 g/mol. The lowest BCUT2D eigenvalue weighted by molar-refractivity contribution is 0.145. The van der Waals surface area contributed by atoms with Crippen LogP contribution in [0.3, 0.4) is 0 Å². The highest BCUT2D eigenvalue weighted by atomic mass is 16.2. The SMILES string of the molecule is CC1CCC(C)(C)N1C(=O)NCc1ccnc(-n2cccn2)c1. The summed E-state index contributed by atoms with van der Waals surface area (Å²) in [6.07, 6.45) is 7.40. The fourth-order valence-electron chi connectivity index (χ4n) is 3.25. The molecule has 0 spiro atoms. The Morgan fingerprint density at radius 2 is 2.26 bits per heavy atom. The van der Waals surface area contributed by atoms with E-state index in [1.165, 1.54) is 0 Å². The van der Waals surface area contributed by atoms with Gasteiger partial charge in [0, 0.05) is 36.7 Å². The van der Waals surface area contributed by atoms with Crippen LogP contribution in [-0.4, -0.2) is 37.3 Å². The molecule has 122 valence electrons. The van der Waals surface area contributed by atoms with Crippen molar-refractivity contribution in [1.29, 1.82) is 0 Å². The molecule has 0 radical (unpaired) electrons. The molecule has 0 aromatic carbocycles. The summed E-state index contributed by atoms with van der Waals surface area (Å²) in [5.74, 6) is 0.747. The molecular weight excluding hydrogens is 290 g/mol. The summed E-state index contributed by atoms with van der Waals surface area (Å²) in [5.41, 5.74) is 0.922. The van der Waals surface area contributed by atoms with Crippen molar-refractivity contribution in [2.75, 3.05) is 0 Å². The van der Waals surface area contributed by atoms with Crippen LogP contribution in [0.1, 0.15) is 39.2 Å². The third-order valence-electron chi connectivity index (χ3n) is 4.48. The number of nitrogens with zero attached hydrogens (tertiary/aromatic N) is 4. The van der Waals surface area contributed by atoms with Gasteiger partial charge in [0.25, 0.3) is 0 Å². The number of hydrogen-bond acceptors (Lipinski definition) is 3. The van der Waals surface area contributed by atoms with Crippen molar-refractivity contribution in [3.63, 3.8) is 0 Å². The number of likely N-dealkylation sites (tertiary alicyclic amines) is 1. The second-order valence-corrected chi connectivity index (χ2v) is 6.70. The molecule has 2 amide bonds. The largest absolute Gasteiger partial charge is 0.334 e. The Kier molecular flexibility index (Phi) is 4.07. The average molecular weight is 313 g/mol. The highest BCUT2D eigenvalue weighted by Crippen LogP contribution is 2.33. The molecule has 1 N–H and O–H groups in total. The van der Waals surface area contributed by atoms with Gasteiger partial charge in [-0.15, -0.1) is 0 Å². The number of carbonyl (C=O) groups is 1. The topological polar surface area (TPSA) is 63.1 Å². The lowest BCUT2D eigenvalue weighted by Crippen LogP contribution is -2.50. The van der Waals surface area contributed by atoms with E-state index < -0.39 is 0 Å². The number of aromatic nitrogens is 3. The molecule has 1 fully saturated rings. The van der Waals surface area contributed by atoms with Gasteiger partial charge in [0.2, 0.25) is 0 Å². The zero-order valence-electron chi connectivity index (χ0n) is 13.9. The zero-order valence-corrected chi connectivity index (χ0v) is 13.9. The Hall–Kier alpha value is -2.37. The van der Waals surface area contributed by atoms with Gasteiger partial charge in [0.1, 0.15) is 0 Å². The maximum atomic E-state index is 12.5. The Balaban J connectivity index is 1.67. The number of pyridine rings is 1. The summed E-state index contributed by atoms with van der Waals surface area (Å²) >= 11 is 0. The van der Waals surface area contributed by atoms with Crippen molar-refractivity contribution in [3.05, 3.63) is 42.4 Å². The van der Waals surface area contributed by atoms with E-state index in [1.807, 2.05) is 29.3 Å². The maximum absolute atomic E-state index is 12.5. The van der Waals surface area contributed by atoms with E-state index >= 15 is 0 Å². The second kappa shape index (κ2) is 6.02. The first-order valence-electron chi connectivity index (χ1n) is 7.99. The fourth-order valence-corrected chi connectivity index (χ4v) is 3.25. The minimum Gasteiger partial charge on any atom is -0.334 e. The summed E-state index contributed by atoms with van der Waals surface area (Å²) in [6, 6.07) is 5.98. The molecule has 1 saturated heterocycles. The van der Waals surface area contributed by atoms with Gasteiger partial charge in [-0.1, -0.05) is 0 Å². The molecule has 3 heterocycles. The first-order valence-corrected chi connectivity index (χ1v) is 7.99. The molecule has 3 rings (SSSR count). The molecule has 6 nitrogen and oxygen atoms in total. The standard InChI is InChI=1S/C17H23N5O/c1-13-5-7-17(2,3)22(13)16(23)19-12-14-6-9-18-15(11-14)21-10-4-8-20-21/h4,6,8-11,13H,5,7,12H2,1-3H3,(H,19,23). The summed E-state index contributed by atoms with van der Waals surface area (Å²) in [4.78, 5) is 18.8. The molecule has 2 aromatic rings. The van der Waals surface area contributed by atoms with Crippen LogP contribution >= 0.6 is 0 Å². The van der Waals surface area contributed by atoms with Crippen LogP contribution in [0.2, 0.25) is 0 Å². The molecule has 6 heteroatoms. The Morgan fingerprint density at radius 3 is 2.91 bits per heavy atom. The molecule has 1 aliphatic heterocycles. The number of amides is 2. The molecule has 1 atom stereocenters. The Bertz CT molecular complexity index is 680. The highest BCUT2D eigenvalue weighted by molar-refractivity contribution is 5.75. The summed E-state index contributed by atoms with van der Waals surface area (Å²) in [5, 5.41) is 7.20. The molecule has 0 saturated carbocycles. The number of carbonyl (C=O) groups excluding carboxylic acids is 1. The van der Waals surface area contributed by atoms with Gasteiger partial charge in [-0.25, -0.2) is 14.5 Å². The molecule has 1 aliphatic rings. The number of urea groups is 1. The van der Waals surface area contributed by atoms with E-state index in [2.05, 4.69) is 36.2 Å². The number of nitrogens with one attached hydrogen (secondary N) is 1. The molecule has 0 aliphatic carbocycles. The van der Waals surface area contributed by atoms with Crippen LogP contribution < -0.4 is 5.32 Å². The quantitative estimate of drug-likeness (QED) is 0.947. The lowest BCUT2D eigenvalue weighted by atomic mass is 10.0. The Labute approximate surface area is 136 Å². The van der Waals surface area contributed by atoms with Crippen molar-refractivity contribution >= 4 is 6.03 Å². The number of hydrogen-bond donors (Lipinski definition) is 1. The number of rotatable bonds is 3. The van der Waals surface area contributed by atoms with Gasteiger partial charge in [0.05, 0.1) is 0 Å². The first-order chi connectivity index (χ1) is 11.0. The summed E-state index contributed by atoms with van der Waals surface area (Å²) in [7, 11) is 0. The van der Waals surface area contributed by atoms with Crippen molar-refractivity contribution < 1.29 is 4.79 Å². The molecule has 0 bridgehead atoms. The maximum Gasteiger partial charge on any atom is 0.318 e. The van der Waals surface area contributed by atoms with Crippen LogP contribution in [-0.2, 0) is 6.54 Å². The Morgan fingerprint density at radius 1 is 1.43 bits per heavy atom. The van der Waals surface area contributed by atoms with Crippen LogP contribution in [0.15, 0.2) is 36.8 Å². The van der Waals surface area contributed by atoms with E-state index in [0.717, 1.165) is 24.2 Å². The van der Waals surface area contributed by atoms with Gasteiger partial charge in [0.15, 0.2) is 5.82 Å². The highest BCUT2D eigenvalue weighted by Gasteiger charge is 2.40. The van der Waals surface area contributed by atoms with Gasteiger partial charge in [-0.2, -0.15) is 5.10 Å². The predicted molar refractivity (Wildman–Crippen MR) is 88.2 cm³/mol. The second-order valence-electron chi connectivity index (χ2n) is 6.70. The van der Waals surface area contributed by atoms with Crippen molar-refractivity contribution in [3.8, 4) is 5.82 Å². The molecule has 2 aromatic heterocycles. The minimum absolute atomic E-state index is 0.00236. The third kappa shape index (κ3) is 3.21.